The highest BCUT2D eigenvalue weighted by Gasteiger charge is 2.31. The lowest BCUT2D eigenvalue weighted by Crippen LogP contribution is -2.45. The second-order valence-electron chi connectivity index (χ2n) is 5.78. The summed E-state index contributed by atoms with van der Waals surface area (Å²) >= 11 is 0. The van der Waals surface area contributed by atoms with Gasteiger partial charge in [0, 0.05) is 19.5 Å². The number of anilines is 1. The Kier molecular flexibility index (Phi) is 4.97. The minimum atomic E-state index is -0.555. The summed E-state index contributed by atoms with van der Waals surface area (Å²) in [6.45, 7) is 5.06. The summed E-state index contributed by atoms with van der Waals surface area (Å²) in [5.41, 5.74) is 0.698. The molecule has 2 aromatic rings. The molecular weight excluding hydrogens is 322 g/mol. The fraction of sp³-hybridized carbons (Fsp3) is 0.412. The van der Waals surface area contributed by atoms with E-state index in [2.05, 4.69) is 15.5 Å². The van der Waals surface area contributed by atoms with Gasteiger partial charge in [-0.2, -0.15) is 0 Å². The molecule has 2 amide bonds. The summed E-state index contributed by atoms with van der Waals surface area (Å²) in [4.78, 5) is 26.1. The van der Waals surface area contributed by atoms with Crippen LogP contribution < -0.4 is 15.0 Å². The van der Waals surface area contributed by atoms with Gasteiger partial charge >= 0.3 is 0 Å². The van der Waals surface area contributed by atoms with E-state index in [0.29, 0.717) is 30.4 Å². The van der Waals surface area contributed by atoms with Crippen molar-refractivity contribution in [3.05, 3.63) is 36.4 Å². The molecule has 2 heterocycles. The Morgan fingerprint density at radius 2 is 2.16 bits per heavy atom. The Morgan fingerprint density at radius 3 is 2.96 bits per heavy atom. The maximum atomic E-state index is 12.4. The predicted octanol–water partition coefficient (Wildman–Crippen LogP) is 1.12. The quantitative estimate of drug-likeness (QED) is 0.849. The summed E-state index contributed by atoms with van der Waals surface area (Å²) in [7, 11) is 0. The molecule has 1 atom stereocenters. The molecule has 0 radical (unpaired) electrons. The van der Waals surface area contributed by atoms with E-state index < -0.39 is 6.10 Å². The van der Waals surface area contributed by atoms with E-state index in [9.17, 15) is 9.59 Å². The van der Waals surface area contributed by atoms with Crippen molar-refractivity contribution in [3.63, 3.8) is 0 Å². The Morgan fingerprint density at radius 1 is 1.36 bits per heavy atom. The number of fused-ring (bicyclic) bond motifs is 1. The van der Waals surface area contributed by atoms with Crippen LogP contribution in [0.4, 0.5) is 5.69 Å². The van der Waals surface area contributed by atoms with Crippen molar-refractivity contribution in [2.45, 2.75) is 39.5 Å². The van der Waals surface area contributed by atoms with E-state index >= 15 is 0 Å². The first kappa shape index (κ1) is 16.9. The highest BCUT2D eigenvalue weighted by atomic mass is 16.5. The average Bonchev–Trinajstić information content (AvgIpc) is 3.08. The Hall–Kier alpha value is -2.90. The van der Waals surface area contributed by atoms with Crippen LogP contribution in [0.1, 0.15) is 26.1 Å². The molecule has 8 nitrogen and oxygen atoms in total. The van der Waals surface area contributed by atoms with Gasteiger partial charge < -0.3 is 19.5 Å². The molecule has 1 N–H and O–H groups in total. The van der Waals surface area contributed by atoms with Gasteiger partial charge in [0.25, 0.3) is 5.91 Å². The summed E-state index contributed by atoms with van der Waals surface area (Å²) in [5, 5.41) is 10.6. The number of amides is 2. The van der Waals surface area contributed by atoms with Crippen molar-refractivity contribution in [1.82, 2.24) is 20.1 Å². The van der Waals surface area contributed by atoms with Crippen molar-refractivity contribution < 1.29 is 14.3 Å². The molecule has 8 heteroatoms. The van der Waals surface area contributed by atoms with Gasteiger partial charge in [-0.3, -0.25) is 9.59 Å². The fourth-order valence-electron chi connectivity index (χ4n) is 2.75. The minimum absolute atomic E-state index is 0.141. The number of nitrogens with one attached hydrogen (secondary N) is 1. The second-order valence-corrected chi connectivity index (χ2v) is 5.78. The highest BCUT2D eigenvalue weighted by molar-refractivity contribution is 6.00. The van der Waals surface area contributed by atoms with Crippen LogP contribution >= 0.6 is 0 Å². The van der Waals surface area contributed by atoms with Crippen molar-refractivity contribution in [1.29, 1.82) is 0 Å². The Bertz CT molecular complexity index is 773. The molecule has 1 aliphatic rings. The molecule has 0 spiro atoms. The zero-order valence-corrected chi connectivity index (χ0v) is 14.3. The second kappa shape index (κ2) is 7.33. The van der Waals surface area contributed by atoms with Crippen LogP contribution in [0.2, 0.25) is 0 Å². The average molecular weight is 343 g/mol. The fourth-order valence-corrected chi connectivity index (χ4v) is 2.75. The van der Waals surface area contributed by atoms with Crippen molar-refractivity contribution in [2.75, 3.05) is 11.4 Å². The zero-order chi connectivity index (χ0) is 17.8. The van der Waals surface area contributed by atoms with Crippen LogP contribution in [0.25, 0.3) is 0 Å². The van der Waals surface area contributed by atoms with Crippen LogP contribution in [0.15, 0.2) is 30.6 Å². The lowest BCUT2D eigenvalue weighted by molar-refractivity contribution is -0.125. The smallest absolute Gasteiger partial charge is 0.267 e. The first-order valence-corrected chi connectivity index (χ1v) is 8.30. The molecule has 25 heavy (non-hydrogen) atoms. The van der Waals surface area contributed by atoms with E-state index in [-0.39, 0.29) is 18.2 Å². The maximum absolute atomic E-state index is 12.4. The number of ether oxygens (including phenoxy) is 1. The van der Waals surface area contributed by atoms with Crippen molar-refractivity contribution in [3.8, 4) is 5.75 Å². The normalized spacial score (nSPS) is 16.3. The summed E-state index contributed by atoms with van der Waals surface area (Å²) in [5.74, 6) is 1.08. The summed E-state index contributed by atoms with van der Waals surface area (Å²) in [6.07, 6.45) is 1.28. The van der Waals surface area contributed by atoms with Gasteiger partial charge in [0.1, 0.15) is 12.1 Å². The largest absolute Gasteiger partial charge is 0.479 e. The molecule has 0 aliphatic carbocycles. The SMILES string of the molecule is CCn1cnnc1CNC(=O)CCN1C(=O)C(C)Oc2ccccc21. The summed E-state index contributed by atoms with van der Waals surface area (Å²) < 4.78 is 7.46. The Balaban J connectivity index is 1.59. The van der Waals surface area contributed by atoms with Crippen LogP contribution in [-0.4, -0.2) is 39.2 Å². The number of aryl methyl sites for hydroxylation is 1. The molecule has 3 rings (SSSR count). The van der Waals surface area contributed by atoms with Crippen molar-refractivity contribution >= 4 is 17.5 Å². The number of rotatable bonds is 6. The van der Waals surface area contributed by atoms with E-state index in [1.54, 1.807) is 18.2 Å². The van der Waals surface area contributed by atoms with Crippen LogP contribution in [0, 0.1) is 0 Å². The highest BCUT2D eigenvalue weighted by Crippen LogP contribution is 2.33. The maximum Gasteiger partial charge on any atom is 0.267 e. The first-order chi connectivity index (χ1) is 12.1. The molecule has 1 aromatic carbocycles. The number of hydrogen-bond donors (Lipinski definition) is 1. The third kappa shape index (κ3) is 3.62. The van der Waals surface area contributed by atoms with Gasteiger partial charge in [0.15, 0.2) is 11.9 Å². The van der Waals surface area contributed by atoms with Gasteiger partial charge in [-0.05, 0) is 26.0 Å². The molecule has 132 valence electrons. The molecule has 0 fully saturated rings. The number of aromatic nitrogens is 3. The number of para-hydroxylation sites is 2. The number of benzene rings is 1. The lowest BCUT2D eigenvalue weighted by atomic mass is 10.1. The number of carbonyl (C=O) groups is 2. The number of nitrogens with zero attached hydrogens (tertiary/aromatic N) is 4. The van der Waals surface area contributed by atoms with Crippen LogP contribution in [-0.2, 0) is 22.7 Å². The first-order valence-electron chi connectivity index (χ1n) is 8.30. The molecular formula is C17H21N5O3. The molecule has 1 unspecified atom stereocenters. The minimum Gasteiger partial charge on any atom is -0.479 e. The topological polar surface area (TPSA) is 89.4 Å². The van der Waals surface area contributed by atoms with Crippen LogP contribution in [0.3, 0.4) is 0 Å². The zero-order valence-electron chi connectivity index (χ0n) is 14.3. The molecule has 0 saturated carbocycles. The monoisotopic (exact) mass is 343 g/mol. The third-order valence-electron chi connectivity index (χ3n) is 4.12. The number of carbonyl (C=O) groups excluding carboxylic acids is 2. The standard InChI is InChI=1S/C17H21N5O3/c1-3-21-11-19-20-15(21)10-18-16(23)8-9-22-13-6-4-5-7-14(13)25-12(2)17(22)24/h4-7,11-12H,3,8-10H2,1-2H3,(H,18,23). The van der Waals surface area contributed by atoms with Crippen LogP contribution in [0.5, 0.6) is 5.75 Å². The van der Waals surface area contributed by atoms with Gasteiger partial charge in [0.2, 0.25) is 5.91 Å². The van der Waals surface area contributed by atoms with E-state index in [1.807, 2.05) is 35.8 Å². The number of hydrogen-bond acceptors (Lipinski definition) is 5. The van der Waals surface area contributed by atoms with E-state index in [1.165, 1.54) is 0 Å². The molecule has 1 aliphatic heterocycles. The lowest BCUT2D eigenvalue weighted by Gasteiger charge is -2.32. The molecule has 0 bridgehead atoms. The van der Waals surface area contributed by atoms with Gasteiger partial charge in [-0.15, -0.1) is 10.2 Å². The summed E-state index contributed by atoms with van der Waals surface area (Å²) in [6, 6.07) is 7.34. The van der Waals surface area contributed by atoms with E-state index in [4.69, 9.17) is 4.74 Å². The van der Waals surface area contributed by atoms with Gasteiger partial charge in [0.05, 0.1) is 12.2 Å². The van der Waals surface area contributed by atoms with Gasteiger partial charge in [-0.25, -0.2) is 0 Å². The Labute approximate surface area is 145 Å². The molecule has 1 aromatic heterocycles. The third-order valence-corrected chi connectivity index (χ3v) is 4.12. The predicted molar refractivity (Wildman–Crippen MR) is 91.0 cm³/mol. The van der Waals surface area contributed by atoms with Crippen molar-refractivity contribution in [2.24, 2.45) is 0 Å². The molecule has 0 saturated heterocycles. The van der Waals surface area contributed by atoms with Gasteiger partial charge in [-0.1, -0.05) is 12.1 Å². The van der Waals surface area contributed by atoms with E-state index in [0.717, 1.165) is 6.54 Å².